The topological polar surface area (TPSA) is 76.4 Å². The van der Waals surface area contributed by atoms with Crippen molar-refractivity contribution in [2.75, 3.05) is 31.1 Å². The van der Waals surface area contributed by atoms with Crippen LogP contribution in [0.3, 0.4) is 0 Å². The van der Waals surface area contributed by atoms with Crippen molar-refractivity contribution in [1.29, 1.82) is 5.26 Å². The van der Waals surface area contributed by atoms with Crippen LogP contribution in [-0.2, 0) is 9.59 Å². The Morgan fingerprint density at radius 3 is 2.48 bits per heavy atom. The minimum absolute atomic E-state index is 0.0695. The predicted octanol–water partition coefficient (Wildman–Crippen LogP) is 1.38. The zero-order valence-electron chi connectivity index (χ0n) is 13.2. The maximum absolute atomic E-state index is 12.1. The molecule has 0 radical (unpaired) electrons. The fraction of sp³-hybridized carbons (Fsp3) is 0.438. The molecule has 0 saturated carbocycles. The number of nitrogens with zero attached hydrogens (tertiary/aromatic N) is 3. The molecule has 1 heterocycles. The number of hydrogen-bond donors (Lipinski definition) is 1. The second-order valence-electron chi connectivity index (χ2n) is 5.68. The van der Waals surface area contributed by atoms with Gasteiger partial charge in [0.2, 0.25) is 0 Å². The molecule has 1 fully saturated rings. The van der Waals surface area contributed by atoms with Crippen LogP contribution in [0.5, 0.6) is 0 Å². The van der Waals surface area contributed by atoms with E-state index >= 15 is 0 Å². The number of amides is 2. The van der Waals surface area contributed by atoms with Gasteiger partial charge in [0.15, 0.2) is 0 Å². The molecule has 0 aliphatic carbocycles. The van der Waals surface area contributed by atoms with Crippen molar-refractivity contribution in [2.24, 2.45) is 0 Å². The van der Waals surface area contributed by atoms with E-state index in [2.05, 4.69) is 11.4 Å². The molecule has 2 rings (SSSR count). The van der Waals surface area contributed by atoms with Gasteiger partial charge in [-0.2, -0.15) is 5.26 Å². The van der Waals surface area contributed by atoms with E-state index in [1.807, 2.05) is 24.8 Å². The Kier molecular flexibility index (Phi) is 5.45. The molecular formula is C16H19ClN4O2. The molecule has 1 saturated heterocycles. The third-order valence-electron chi connectivity index (χ3n) is 3.60. The SMILES string of the molecule is CC(C)NC(=O)C(=O)N1CCN(c2ccc(Cl)cc2C#N)CC1. The molecule has 1 aromatic rings. The van der Waals surface area contributed by atoms with Crippen molar-refractivity contribution >= 4 is 29.1 Å². The Labute approximate surface area is 140 Å². The Balaban J connectivity index is 2.00. The number of carbonyl (C=O) groups is 2. The molecular weight excluding hydrogens is 316 g/mol. The number of carbonyl (C=O) groups excluding carboxylic acids is 2. The fourth-order valence-corrected chi connectivity index (χ4v) is 2.66. The lowest BCUT2D eigenvalue weighted by Crippen LogP contribution is -2.53. The summed E-state index contributed by atoms with van der Waals surface area (Å²) in [6.45, 7) is 5.64. The molecule has 0 unspecified atom stereocenters. The minimum atomic E-state index is -0.572. The van der Waals surface area contributed by atoms with E-state index in [1.165, 1.54) is 4.90 Å². The molecule has 7 heteroatoms. The van der Waals surface area contributed by atoms with E-state index in [4.69, 9.17) is 11.6 Å². The molecule has 0 atom stereocenters. The zero-order chi connectivity index (χ0) is 17.0. The summed E-state index contributed by atoms with van der Waals surface area (Å²) in [5, 5.41) is 12.3. The van der Waals surface area contributed by atoms with E-state index in [9.17, 15) is 14.9 Å². The van der Waals surface area contributed by atoms with Crippen LogP contribution >= 0.6 is 11.6 Å². The summed E-state index contributed by atoms with van der Waals surface area (Å²) in [5.74, 6) is -1.08. The number of benzene rings is 1. The molecule has 0 spiro atoms. The summed E-state index contributed by atoms with van der Waals surface area (Å²) in [7, 11) is 0. The number of anilines is 1. The second kappa shape index (κ2) is 7.34. The average molecular weight is 335 g/mol. The number of hydrogen-bond acceptors (Lipinski definition) is 4. The molecule has 122 valence electrons. The average Bonchev–Trinajstić information content (AvgIpc) is 2.53. The monoisotopic (exact) mass is 334 g/mol. The summed E-state index contributed by atoms with van der Waals surface area (Å²) < 4.78 is 0. The second-order valence-corrected chi connectivity index (χ2v) is 6.12. The van der Waals surface area contributed by atoms with Gasteiger partial charge in [0.05, 0.1) is 11.3 Å². The molecule has 1 aromatic carbocycles. The number of nitriles is 1. The van der Waals surface area contributed by atoms with E-state index in [0.717, 1.165) is 5.69 Å². The van der Waals surface area contributed by atoms with E-state index in [0.29, 0.717) is 36.8 Å². The normalized spacial score (nSPS) is 14.6. The number of rotatable bonds is 2. The number of nitrogens with one attached hydrogen (secondary N) is 1. The van der Waals surface area contributed by atoms with Crippen LogP contribution in [0.1, 0.15) is 19.4 Å². The summed E-state index contributed by atoms with van der Waals surface area (Å²) in [4.78, 5) is 27.4. The third-order valence-corrected chi connectivity index (χ3v) is 3.84. The van der Waals surface area contributed by atoms with E-state index in [1.54, 1.807) is 12.1 Å². The predicted molar refractivity (Wildman–Crippen MR) is 88.2 cm³/mol. The Morgan fingerprint density at radius 2 is 1.91 bits per heavy atom. The van der Waals surface area contributed by atoms with Gasteiger partial charge in [-0.3, -0.25) is 9.59 Å². The van der Waals surface area contributed by atoms with Crippen molar-refractivity contribution in [3.05, 3.63) is 28.8 Å². The number of piperazine rings is 1. The summed E-state index contributed by atoms with van der Waals surface area (Å²) in [5.41, 5.74) is 1.31. The highest BCUT2D eigenvalue weighted by Crippen LogP contribution is 2.24. The first-order valence-corrected chi connectivity index (χ1v) is 7.84. The highest BCUT2D eigenvalue weighted by atomic mass is 35.5. The smallest absolute Gasteiger partial charge is 0.312 e. The molecule has 2 amide bonds. The van der Waals surface area contributed by atoms with Crippen LogP contribution in [-0.4, -0.2) is 48.9 Å². The molecule has 1 N–H and O–H groups in total. The van der Waals surface area contributed by atoms with Gasteiger partial charge in [-0.05, 0) is 32.0 Å². The molecule has 0 bridgehead atoms. The Hall–Kier alpha value is -2.26. The van der Waals surface area contributed by atoms with Crippen LogP contribution < -0.4 is 10.2 Å². The van der Waals surface area contributed by atoms with Gasteiger partial charge in [-0.1, -0.05) is 11.6 Å². The zero-order valence-corrected chi connectivity index (χ0v) is 13.9. The van der Waals surface area contributed by atoms with E-state index in [-0.39, 0.29) is 6.04 Å². The lowest BCUT2D eigenvalue weighted by molar-refractivity contribution is -0.146. The highest BCUT2D eigenvalue weighted by Gasteiger charge is 2.27. The van der Waals surface area contributed by atoms with E-state index < -0.39 is 11.8 Å². The summed E-state index contributed by atoms with van der Waals surface area (Å²) in [6.07, 6.45) is 0. The van der Waals surface area contributed by atoms with Crippen LogP contribution in [0.4, 0.5) is 5.69 Å². The van der Waals surface area contributed by atoms with Gasteiger partial charge in [-0.15, -0.1) is 0 Å². The van der Waals surface area contributed by atoms with Gasteiger partial charge in [0.25, 0.3) is 0 Å². The van der Waals surface area contributed by atoms with Gasteiger partial charge < -0.3 is 15.1 Å². The van der Waals surface area contributed by atoms with Gasteiger partial charge in [-0.25, -0.2) is 0 Å². The minimum Gasteiger partial charge on any atom is -0.367 e. The number of halogens is 1. The first-order chi connectivity index (χ1) is 10.9. The van der Waals surface area contributed by atoms with Crippen molar-refractivity contribution in [2.45, 2.75) is 19.9 Å². The first-order valence-electron chi connectivity index (χ1n) is 7.46. The molecule has 0 aromatic heterocycles. The molecule has 1 aliphatic rings. The van der Waals surface area contributed by atoms with Crippen LogP contribution in [0.25, 0.3) is 0 Å². The maximum Gasteiger partial charge on any atom is 0.312 e. The summed E-state index contributed by atoms with van der Waals surface area (Å²) in [6, 6.07) is 7.25. The van der Waals surface area contributed by atoms with Crippen LogP contribution in [0.15, 0.2) is 18.2 Å². The molecule has 1 aliphatic heterocycles. The standard InChI is InChI=1S/C16H19ClN4O2/c1-11(2)19-15(22)16(23)21-7-5-20(6-8-21)14-4-3-13(17)9-12(14)10-18/h3-4,9,11H,5-8H2,1-2H3,(H,19,22). The molecule has 6 nitrogen and oxygen atoms in total. The largest absolute Gasteiger partial charge is 0.367 e. The van der Waals surface area contributed by atoms with Crippen molar-refractivity contribution in [3.63, 3.8) is 0 Å². The quantitative estimate of drug-likeness (QED) is 0.829. The lowest BCUT2D eigenvalue weighted by Gasteiger charge is -2.36. The third kappa shape index (κ3) is 4.14. The summed E-state index contributed by atoms with van der Waals surface area (Å²) >= 11 is 5.91. The van der Waals surface area contributed by atoms with Crippen molar-refractivity contribution in [1.82, 2.24) is 10.2 Å². The van der Waals surface area contributed by atoms with Crippen LogP contribution in [0.2, 0.25) is 5.02 Å². The lowest BCUT2D eigenvalue weighted by atomic mass is 10.1. The molecule has 23 heavy (non-hydrogen) atoms. The van der Waals surface area contributed by atoms with Gasteiger partial charge >= 0.3 is 11.8 Å². The van der Waals surface area contributed by atoms with Crippen molar-refractivity contribution in [3.8, 4) is 6.07 Å². The first kappa shape index (κ1) is 17.1. The maximum atomic E-state index is 12.1. The van der Waals surface area contributed by atoms with Gasteiger partial charge in [0, 0.05) is 37.2 Å². The highest BCUT2D eigenvalue weighted by molar-refractivity contribution is 6.35. The van der Waals surface area contributed by atoms with Crippen LogP contribution in [0, 0.1) is 11.3 Å². The Bertz CT molecular complexity index is 646. The van der Waals surface area contributed by atoms with Gasteiger partial charge in [0.1, 0.15) is 6.07 Å². The Morgan fingerprint density at radius 1 is 1.26 bits per heavy atom. The fourth-order valence-electron chi connectivity index (χ4n) is 2.49. The van der Waals surface area contributed by atoms with Crippen molar-refractivity contribution < 1.29 is 9.59 Å².